The molecule has 0 spiro atoms. The zero-order valence-corrected chi connectivity index (χ0v) is 9.55. The lowest BCUT2D eigenvalue weighted by atomic mass is 10.6. The lowest BCUT2D eigenvalue weighted by Gasteiger charge is -2.23. The topological polar surface area (TPSA) is 68.6 Å². The second-order valence-electron chi connectivity index (χ2n) is 2.15. The molecule has 0 aromatic heterocycles. The van der Waals surface area contributed by atoms with Gasteiger partial charge in [-0.25, -0.2) is 10.2 Å². The minimum absolute atomic E-state index is 0.750. The van der Waals surface area contributed by atoms with Crippen molar-refractivity contribution in [3.63, 3.8) is 0 Å². The van der Waals surface area contributed by atoms with Crippen LogP contribution in [0.1, 0.15) is 13.3 Å². The zero-order chi connectivity index (χ0) is 10.7. The smallest absolute Gasteiger partial charge is 0.377 e. The van der Waals surface area contributed by atoms with E-state index in [-0.39, 0.29) is 0 Å². The van der Waals surface area contributed by atoms with Crippen LogP contribution in [0.3, 0.4) is 0 Å². The Hall–Kier alpha value is -0.523. The van der Waals surface area contributed by atoms with Crippen molar-refractivity contribution in [3.8, 4) is 0 Å². The molecule has 0 unspecified atom stereocenters. The van der Waals surface area contributed by atoms with Gasteiger partial charge in [-0.05, 0) is 0 Å². The largest absolute Gasteiger partial charge is 0.500 e. The predicted molar refractivity (Wildman–Crippen MR) is 50.3 cm³/mol. The molecule has 0 saturated heterocycles. The molecule has 78 valence electrons. The first-order chi connectivity index (χ1) is 6.16. The van der Waals surface area contributed by atoms with Crippen molar-refractivity contribution in [2.24, 2.45) is 0 Å². The highest BCUT2D eigenvalue weighted by molar-refractivity contribution is 6.60. The Morgan fingerprint density at radius 3 is 1.62 bits per heavy atom. The third-order valence-electron chi connectivity index (χ3n) is 1.49. The normalized spacial score (nSPS) is 9.85. The fourth-order valence-corrected chi connectivity index (χ4v) is 2.59. The lowest BCUT2D eigenvalue weighted by Crippen LogP contribution is -2.42. The van der Waals surface area contributed by atoms with Crippen LogP contribution in [-0.4, -0.2) is 36.2 Å². The van der Waals surface area contributed by atoms with Crippen molar-refractivity contribution >= 4 is 14.9 Å². The Bertz CT molecular complexity index is 135. The van der Waals surface area contributed by atoms with Gasteiger partial charge < -0.3 is 13.3 Å². The first kappa shape index (κ1) is 15.0. The summed E-state index contributed by atoms with van der Waals surface area (Å²) in [7, 11) is 2.68. The molecule has 0 aromatic carbocycles. The summed E-state index contributed by atoms with van der Waals surface area (Å²) in [5.41, 5.74) is 0. The predicted octanol–water partition coefficient (Wildman–Crippen LogP) is 1.18. The van der Waals surface area contributed by atoms with Crippen LogP contribution in [0, 0.1) is 5.41 Å². The van der Waals surface area contributed by atoms with Gasteiger partial charge in [0, 0.05) is 27.4 Å². The molecule has 0 aromatic rings. The molecule has 0 heterocycles. The fraction of sp³-hybridized carbons (Fsp3) is 0.857. The Labute approximate surface area is 79.9 Å². The molecule has 0 aliphatic carbocycles. The Balaban J connectivity index is 0. The number of hydrogen-bond donors (Lipinski definition) is 1. The molecule has 1 N–H and O–H groups in total. The van der Waals surface area contributed by atoms with Crippen LogP contribution < -0.4 is 0 Å². The summed E-state index contributed by atoms with van der Waals surface area (Å²) in [6, 6.07) is 0.885. The van der Waals surface area contributed by atoms with Gasteiger partial charge in [0.15, 0.2) is 0 Å². The van der Waals surface area contributed by atoms with Crippen molar-refractivity contribution in [1.29, 1.82) is 5.41 Å². The number of isocyanates is 1. The van der Waals surface area contributed by atoms with E-state index in [1.54, 1.807) is 21.3 Å². The van der Waals surface area contributed by atoms with E-state index < -0.39 is 8.80 Å². The molecule has 0 fully saturated rings. The summed E-state index contributed by atoms with van der Waals surface area (Å²) in [4.78, 5) is 8.35. The molecule has 13 heavy (non-hydrogen) atoms. The van der Waals surface area contributed by atoms with Crippen LogP contribution in [0.2, 0.25) is 6.04 Å². The van der Waals surface area contributed by atoms with Crippen LogP contribution in [-0.2, 0) is 18.1 Å². The van der Waals surface area contributed by atoms with Gasteiger partial charge in [0.1, 0.15) is 0 Å². The highest BCUT2D eigenvalue weighted by atomic mass is 28.4. The molecule has 5 nitrogen and oxygen atoms in total. The molecular formula is C7H17NO4Si. The van der Waals surface area contributed by atoms with Crippen molar-refractivity contribution in [3.05, 3.63) is 0 Å². The molecule has 0 radical (unpaired) electrons. The van der Waals surface area contributed by atoms with Crippen molar-refractivity contribution < 1.29 is 18.1 Å². The van der Waals surface area contributed by atoms with E-state index in [0.717, 1.165) is 18.5 Å². The molecule has 0 atom stereocenters. The van der Waals surface area contributed by atoms with Crippen LogP contribution in [0.25, 0.3) is 0 Å². The summed E-state index contributed by atoms with van der Waals surface area (Å²) >= 11 is 0. The summed E-state index contributed by atoms with van der Waals surface area (Å²) in [6.45, 7) is 2.08. The van der Waals surface area contributed by atoms with E-state index in [1.807, 2.05) is 0 Å². The van der Waals surface area contributed by atoms with Crippen LogP contribution >= 0.6 is 0 Å². The maximum atomic E-state index is 8.35. The average molecular weight is 207 g/mol. The van der Waals surface area contributed by atoms with Gasteiger partial charge in [-0.2, -0.15) is 0 Å². The monoisotopic (exact) mass is 207 g/mol. The summed E-state index contributed by atoms with van der Waals surface area (Å²) < 4.78 is 15.5. The second-order valence-corrected chi connectivity index (χ2v) is 5.24. The van der Waals surface area contributed by atoms with Gasteiger partial charge in [0.25, 0.3) is 0 Å². The third-order valence-corrected chi connectivity index (χ3v) is 4.47. The molecule has 0 bridgehead atoms. The van der Waals surface area contributed by atoms with Gasteiger partial charge in [-0.3, -0.25) is 0 Å². The van der Waals surface area contributed by atoms with Gasteiger partial charge in [-0.15, -0.1) is 0 Å². The van der Waals surface area contributed by atoms with Crippen LogP contribution in [0.4, 0.5) is 0 Å². The molecule has 0 saturated carbocycles. The van der Waals surface area contributed by atoms with Crippen LogP contribution in [0.5, 0.6) is 0 Å². The van der Waals surface area contributed by atoms with Gasteiger partial charge in [0.2, 0.25) is 6.08 Å². The maximum absolute atomic E-state index is 8.35. The first-order valence-corrected chi connectivity index (χ1v) is 5.78. The molecule has 0 amide bonds. The van der Waals surface area contributed by atoms with Crippen molar-refractivity contribution in [1.82, 2.24) is 0 Å². The van der Waals surface area contributed by atoms with Crippen LogP contribution in [0.15, 0.2) is 0 Å². The van der Waals surface area contributed by atoms with E-state index in [9.17, 15) is 0 Å². The first-order valence-electron chi connectivity index (χ1n) is 3.85. The van der Waals surface area contributed by atoms with Crippen molar-refractivity contribution in [2.75, 3.05) is 21.3 Å². The Kier molecular flexibility index (Phi) is 11.0. The number of carbonyl (C=O) groups excluding carboxylic acids is 1. The number of rotatable bonds is 5. The standard InChI is InChI=1S/C6H16O3Si.CHNO/c1-5-6-10(7-2,8-3)9-4;2-1-3/h5-6H2,1-4H3;2H. The molecule has 0 aliphatic rings. The third kappa shape index (κ3) is 6.62. The second kappa shape index (κ2) is 9.56. The van der Waals surface area contributed by atoms with E-state index in [4.69, 9.17) is 23.5 Å². The average Bonchev–Trinajstić information content (AvgIpc) is 2.16. The molecule has 0 rings (SSSR count). The number of hydrogen-bond acceptors (Lipinski definition) is 5. The fourth-order valence-electron chi connectivity index (χ4n) is 0.862. The number of nitrogens with one attached hydrogen (secondary N) is 1. The minimum Gasteiger partial charge on any atom is -0.377 e. The lowest BCUT2D eigenvalue weighted by molar-refractivity contribution is 0.123. The highest BCUT2D eigenvalue weighted by Gasteiger charge is 2.36. The van der Waals surface area contributed by atoms with E-state index in [2.05, 4.69) is 6.92 Å². The van der Waals surface area contributed by atoms with Gasteiger partial charge >= 0.3 is 8.80 Å². The van der Waals surface area contributed by atoms with Crippen molar-refractivity contribution in [2.45, 2.75) is 19.4 Å². The molecular weight excluding hydrogens is 190 g/mol. The van der Waals surface area contributed by atoms with E-state index in [0.29, 0.717) is 0 Å². The molecule has 6 heteroatoms. The zero-order valence-electron chi connectivity index (χ0n) is 8.55. The molecule has 0 aliphatic heterocycles. The Morgan fingerprint density at radius 1 is 1.23 bits per heavy atom. The van der Waals surface area contributed by atoms with E-state index >= 15 is 0 Å². The summed E-state index contributed by atoms with van der Waals surface area (Å²) in [6.07, 6.45) is 1.78. The van der Waals surface area contributed by atoms with Gasteiger partial charge in [0.05, 0.1) is 0 Å². The minimum atomic E-state index is -2.22. The van der Waals surface area contributed by atoms with E-state index in [1.165, 1.54) is 0 Å². The highest BCUT2D eigenvalue weighted by Crippen LogP contribution is 2.13. The summed E-state index contributed by atoms with van der Waals surface area (Å²) in [5, 5.41) is 5.40. The quantitative estimate of drug-likeness (QED) is 0.417. The van der Waals surface area contributed by atoms with Gasteiger partial charge in [-0.1, -0.05) is 13.3 Å². The SMILES string of the molecule is CCC[Si](OC)(OC)OC.N=C=O. The Morgan fingerprint density at radius 2 is 1.54 bits per heavy atom. The maximum Gasteiger partial charge on any atom is 0.500 e. The summed E-state index contributed by atoms with van der Waals surface area (Å²) in [5.74, 6) is 0.